The van der Waals surface area contributed by atoms with Crippen LogP contribution in [0, 0.1) is 0 Å². The van der Waals surface area contributed by atoms with E-state index >= 15 is 0 Å². The quantitative estimate of drug-likeness (QED) is 0.635. The van der Waals surface area contributed by atoms with Crippen LogP contribution in [0.4, 0.5) is 0 Å². The number of carbonyl (C=O) groups excluding carboxylic acids is 2. The highest BCUT2D eigenvalue weighted by Crippen LogP contribution is 2.05. The summed E-state index contributed by atoms with van der Waals surface area (Å²) in [5, 5.41) is 5.73. The highest BCUT2D eigenvalue weighted by molar-refractivity contribution is 5.97. The van der Waals surface area contributed by atoms with Gasteiger partial charge >= 0.3 is 0 Å². The summed E-state index contributed by atoms with van der Waals surface area (Å²) in [5.41, 5.74) is 1.10. The lowest BCUT2D eigenvalue weighted by atomic mass is 10.1. The zero-order valence-corrected chi connectivity index (χ0v) is 14.8. The molecular formula is C18H27N3O4. The molecule has 138 valence electrons. The second-order valence-electron chi connectivity index (χ2n) is 5.89. The molecule has 0 radical (unpaired) electrons. The van der Waals surface area contributed by atoms with Gasteiger partial charge in [-0.05, 0) is 30.7 Å². The lowest BCUT2D eigenvalue weighted by molar-refractivity contribution is 0.0383. The SMILES string of the molecule is COCCCNC(=O)c1ccc(C(=O)NCCN2CCOCC2)cc1. The molecule has 1 aliphatic rings. The fourth-order valence-electron chi connectivity index (χ4n) is 2.55. The minimum absolute atomic E-state index is 0.125. The maximum Gasteiger partial charge on any atom is 0.251 e. The Bertz CT molecular complexity index is 542. The summed E-state index contributed by atoms with van der Waals surface area (Å²) < 4.78 is 10.2. The van der Waals surface area contributed by atoms with Gasteiger partial charge in [0.05, 0.1) is 13.2 Å². The van der Waals surface area contributed by atoms with Crippen molar-refractivity contribution in [3.63, 3.8) is 0 Å². The third-order valence-corrected chi connectivity index (χ3v) is 4.04. The first-order valence-corrected chi connectivity index (χ1v) is 8.66. The van der Waals surface area contributed by atoms with Gasteiger partial charge in [0.2, 0.25) is 0 Å². The number of rotatable bonds is 9. The third-order valence-electron chi connectivity index (χ3n) is 4.04. The van der Waals surface area contributed by atoms with Crippen molar-refractivity contribution < 1.29 is 19.1 Å². The summed E-state index contributed by atoms with van der Waals surface area (Å²) in [6.45, 7) is 5.91. The molecule has 1 saturated heterocycles. The largest absolute Gasteiger partial charge is 0.385 e. The molecule has 0 aromatic heterocycles. The van der Waals surface area contributed by atoms with Crippen LogP contribution in [0.2, 0.25) is 0 Å². The molecule has 0 aliphatic carbocycles. The van der Waals surface area contributed by atoms with Crippen LogP contribution in [0.5, 0.6) is 0 Å². The van der Waals surface area contributed by atoms with Crippen LogP contribution in [0.25, 0.3) is 0 Å². The van der Waals surface area contributed by atoms with Crippen LogP contribution >= 0.6 is 0 Å². The lowest BCUT2D eigenvalue weighted by Gasteiger charge is -2.26. The van der Waals surface area contributed by atoms with E-state index < -0.39 is 0 Å². The zero-order valence-electron chi connectivity index (χ0n) is 14.8. The standard InChI is InChI=1S/C18H27N3O4/c1-24-12-2-7-19-17(22)15-3-5-16(6-4-15)18(23)20-8-9-21-10-13-25-14-11-21/h3-6H,2,7-14H2,1H3,(H,19,22)(H,20,23). The van der Waals surface area contributed by atoms with Crippen LogP contribution in [0.15, 0.2) is 24.3 Å². The third kappa shape index (κ3) is 6.81. The maximum absolute atomic E-state index is 12.1. The number of methoxy groups -OCH3 is 1. The minimum atomic E-state index is -0.143. The molecule has 0 bridgehead atoms. The van der Waals surface area contributed by atoms with Crippen molar-refractivity contribution >= 4 is 11.8 Å². The van der Waals surface area contributed by atoms with Crippen molar-refractivity contribution in [3.8, 4) is 0 Å². The molecule has 0 unspecified atom stereocenters. The number of benzene rings is 1. The molecule has 1 fully saturated rings. The Balaban J connectivity index is 1.72. The molecule has 1 aromatic carbocycles. The Hall–Kier alpha value is -1.96. The van der Waals surface area contributed by atoms with Crippen molar-refractivity contribution in [3.05, 3.63) is 35.4 Å². The van der Waals surface area contributed by atoms with Crippen molar-refractivity contribution in [1.82, 2.24) is 15.5 Å². The van der Waals surface area contributed by atoms with Gasteiger partial charge in [0.1, 0.15) is 0 Å². The van der Waals surface area contributed by atoms with Gasteiger partial charge in [0.25, 0.3) is 11.8 Å². The van der Waals surface area contributed by atoms with Gasteiger partial charge in [-0.15, -0.1) is 0 Å². The van der Waals surface area contributed by atoms with Crippen molar-refractivity contribution in [2.75, 3.05) is 59.7 Å². The number of ether oxygens (including phenoxy) is 2. The average molecular weight is 349 g/mol. The molecule has 2 rings (SSSR count). The molecular weight excluding hydrogens is 322 g/mol. The molecule has 0 spiro atoms. The summed E-state index contributed by atoms with van der Waals surface area (Å²) in [6.07, 6.45) is 0.770. The van der Waals surface area contributed by atoms with Crippen molar-refractivity contribution in [1.29, 1.82) is 0 Å². The summed E-state index contributed by atoms with van der Waals surface area (Å²) in [4.78, 5) is 26.4. The van der Waals surface area contributed by atoms with Gasteiger partial charge in [0, 0.05) is 57.6 Å². The number of nitrogens with one attached hydrogen (secondary N) is 2. The predicted octanol–water partition coefficient (Wildman–Crippen LogP) is 0.515. The van der Waals surface area contributed by atoms with Crippen molar-refractivity contribution in [2.45, 2.75) is 6.42 Å². The Morgan fingerprint density at radius 1 is 1.04 bits per heavy atom. The normalized spacial score (nSPS) is 14.9. The van der Waals surface area contributed by atoms with E-state index in [2.05, 4.69) is 15.5 Å². The van der Waals surface area contributed by atoms with Gasteiger partial charge in [-0.25, -0.2) is 0 Å². The molecule has 0 atom stereocenters. The van der Waals surface area contributed by atoms with E-state index in [1.807, 2.05) is 0 Å². The van der Waals surface area contributed by atoms with Crippen LogP contribution in [0.1, 0.15) is 27.1 Å². The molecule has 7 nitrogen and oxygen atoms in total. The second-order valence-corrected chi connectivity index (χ2v) is 5.89. The topological polar surface area (TPSA) is 79.9 Å². The number of carbonyl (C=O) groups is 2. The number of hydrogen-bond acceptors (Lipinski definition) is 5. The summed E-state index contributed by atoms with van der Waals surface area (Å²) >= 11 is 0. The highest BCUT2D eigenvalue weighted by Gasteiger charge is 2.11. The number of morpholine rings is 1. The van der Waals surface area contributed by atoms with Gasteiger partial charge in [-0.3, -0.25) is 14.5 Å². The maximum atomic E-state index is 12.1. The smallest absolute Gasteiger partial charge is 0.251 e. The van der Waals surface area contributed by atoms with Crippen LogP contribution in [-0.4, -0.2) is 76.4 Å². The number of hydrogen-bond donors (Lipinski definition) is 2. The second kappa shape index (κ2) is 10.8. The lowest BCUT2D eigenvalue weighted by Crippen LogP contribution is -2.41. The summed E-state index contributed by atoms with van der Waals surface area (Å²) in [6, 6.07) is 6.69. The Labute approximate surface area is 148 Å². The Morgan fingerprint density at radius 3 is 2.16 bits per heavy atom. The van der Waals surface area contributed by atoms with E-state index in [-0.39, 0.29) is 11.8 Å². The Kier molecular flexibility index (Phi) is 8.38. The van der Waals surface area contributed by atoms with Crippen LogP contribution < -0.4 is 10.6 Å². The van der Waals surface area contributed by atoms with E-state index in [4.69, 9.17) is 9.47 Å². The molecule has 1 aromatic rings. The summed E-state index contributed by atoms with van der Waals surface area (Å²) in [7, 11) is 1.63. The van der Waals surface area contributed by atoms with E-state index in [1.54, 1.807) is 31.4 Å². The first-order chi connectivity index (χ1) is 12.2. The monoisotopic (exact) mass is 349 g/mol. The Morgan fingerprint density at radius 2 is 1.60 bits per heavy atom. The van der Waals surface area contributed by atoms with Crippen molar-refractivity contribution in [2.24, 2.45) is 0 Å². The van der Waals surface area contributed by atoms with E-state index in [9.17, 15) is 9.59 Å². The average Bonchev–Trinajstić information content (AvgIpc) is 2.66. The molecule has 2 N–H and O–H groups in total. The zero-order chi connectivity index (χ0) is 17.9. The fraction of sp³-hybridized carbons (Fsp3) is 0.556. The number of amides is 2. The molecule has 0 saturated carbocycles. The van der Waals surface area contributed by atoms with E-state index in [0.717, 1.165) is 39.3 Å². The minimum Gasteiger partial charge on any atom is -0.385 e. The van der Waals surface area contributed by atoms with E-state index in [1.165, 1.54) is 0 Å². The van der Waals surface area contributed by atoms with Gasteiger partial charge < -0.3 is 20.1 Å². The molecule has 7 heteroatoms. The first-order valence-electron chi connectivity index (χ1n) is 8.66. The molecule has 1 heterocycles. The predicted molar refractivity (Wildman–Crippen MR) is 94.9 cm³/mol. The molecule has 1 aliphatic heterocycles. The first kappa shape index (κ1) is 19.4. The van der Waals surface area contributed by atoms with Crippen LogP contribution in [-0.2, 0) is 9.47 Å². The molecule has 25 heavy (non-hydrogen) atoms. The van der Waals surface area contributed by atoms with Gasteiger partial charge in [-0.1, -0.05) is 0 Å². The highest BCUT2D eigenvalue weighted by atomic mass is 16.5. The van der Waals surface area contributed by atoms with E-state index in [0.29, 0.717) is 30.8 Å². The fourth-order valence-corrected chi connectivity index (χ4v) is 2.55. The summed E-state index contributed by atoms with van der Waals surface area (Å²) in [5.74, 6) is -0.268. The van der Waals surface area contributed by atoms with Gasteiger partial charge in [-0.2, -0.15) is 0 Å². The van der Waals surface area contributed by atoms with Crippen LogP contribution in [0.3, 0.4) is 0 Å². The number of nitrogens with zero attached hydrogens (tertiary/aromatic N) is 1. The van der Waals surface area contributed by atoms with Gasteiger partial charge in [0.15, 0.2) is 0 Å². The molecule has 2 amide bonds.